The summed E-state index contributed by atoms with van der Waals surface area (Å²) in [6.07, 6.45) is 1.59. The molecule has 3 heterocycles. The number of aromatic nitrogens is 2. The monoisotopic (exact) mass is 429 g/mol. The van der Waals surface area contributed by atoms with Gasteiger partial charge in [0, 0.05) is 11.1 Å². The second-order valence-corrected chi connectivity index (χ2v) is 7.80. The van der Waals surface area contributed by atoms with Crippen molar-refractivity contribution < 1.29 is 19.1 Å². The number of phenols is 1. The van der Waals surface area contributed by atoms with Gasteiger partial charge in [-0.1, -0.05) is 35.9 Å². The molecular formula is C25H23N3O4. The number of hydrogen-bond donors (Lipinski definition) is 2. The van der Waals surface area contributed by atoms with Crippen LogP contribution in [0.4, 0.5) is 0 Å². The van der Waals surface area contributed by atoms with Gasteiger partial charge in [0.1, 0.15) is 11.5 Å². The maximum Gasteiger partial charge on any atom is 0.273 e. The highest BCUT2D eigenvalue weighted by Gasteiger charge is 2.42. The molecule has 0 radical (unpaired) electrons. The van der Waals surface area contributed by atoms with Gasteiger partial charge in [-0.05, 0) is 43.7 Å². The van der Waals surface area contributed by atoms with Gasteiger partial charge >= 0.3 is 0 Å². The van der Waals surface area contributed by atoms with Crippen molar-refractivity contribution in [3.8, 4) is 22.8 Å². The van der Waals surface area contributed by atoms with Crippen molar-refractivity contribution in [2.75, 3.05) is 6.61 Å². The smallest absolute Gasteiger partial charge is 0.273 e. The molecule has 0 spiro atoms. The Morgan fingerprint density at radius 2 is 2.00 bits per heavy atom. The molecule has 1 unspecified atom stereocenters. The third kappa shape index (κ3) is 3.32. The van der Waals surface area contributed by atoms with Crippen molar-refractivity contribution in [3.63, 3.8) is 0 Å². The Kier molecular flexibility index (Phi) is 4.93. The fourth-order valence-corrected chi connectivity index (χ4v) is 4.18. The number of phenolic OH excluding ortho intramolecular Hbond substituents is 1. The number of hydrogen-bond acceptors (Lipinski definition) is 5. The molecule has 7 heteroatoms. The van der Waals surface area contributed by atoms with E-state index in [1.54, 1.807) is 29.4 Å². The lowest BCUT2D eigenvalue weighted by molar-refractivity contribution is 0.0716. The summed E-state index contributed by atoms with van der Waals surface area (Å²) in [7, 11) is 0. The zero-order chi connectivity index (χ0) is 22.2. The highest BCUT2D eigenvalue weighted by molar-refractivity contribution is 6.00. The van der Waals surface area contributed by atoms with Crippen LogP contribution in [-0.4, -0.2) is 32.7 Å². The van der Waals surface area contributed by atoms with E-state index >= 15 is 0 Å². The number of carbonyl (C=O) groups is 1. The quantitative estimate of drug-likeness (QED) is 0.458. The number of benzene rings is 2. The predicted octanol–water partition coefficient (Wildman–Crippen LogP) is 4.83. The SMILES string of the molecule is CCOc1cc(C2c3c(-c4ccc(C)cc4)n[nH]c3C(=O)N2Cc2ccco2)ccc1O. The number of ether oxygens (including phenoxy) is 1. The maximum atomic E-state index is 13.4. The first-order chi connectivity index (χ1) is 15.6. The van der Waals surface area contributed by atoms with E-state index in [1.165, 1.54) is 0 Å². The highest BCUT2D eigenvalue weighted by atomic mass is 16.5. The average Bonchev–Trinajstić information content (AvgIpc) is 3.51. The summed E-state index contributed by atoms with van der Waals surface area (Å²) in [5.41, 5.74) is 4.88. The summed E-state index contributed by atoms with van der Waals surface area (Å²) < 4.78 is 11.1. The molecule has 32 heavy (non-hydrogen) atoms. The molecule has 0 saturated carbocycles. The molecule has 0 fully saturated rings. The maximum absolute atomic E-state index is 13.4. The standard InChI is InChI=1S/C25H23N3O4/c1-3-31-20-13-17(10-11-19(20)29)24-21-22(16-8-6-15(2)7-9-16)26-27-23(21)25(30)28(24)14-18-5-4-12-32-18/h4-13,24,29H,3,14H2,1-2H3,(H,26,27). The number of fused-ring (bicyclic) bond motifs is 1. The molecule has 7 nitrogen and oxygen atoms in total. The van der Waals surface area contributed by atoms with Gasteiger partial charge in [0.2, 0.25) is 0 Å². The number of nitrogens with zero attached hydrogens (tertiary/aromatic N) is 2. The number of carbonyl (C=O) groups excluding carboxylic acids is 1. The minimum Gasteiger partial charge on any atom is -0.504 e. The van der Waals surface area contributed by atoms with E-state index in [0.29, 0.717) is 30.4 Å². The molecule has 5 rings (SSSR count). The van der Waals surface area contributed by atoms with Crippen molar-refractivity contribution in [1.82, 2.24) is 15.1 Å². The second kappa shape index (κ2) is 7.92. The molecule has 4 aromatic rings. The van der Waals surface area contributed by atoms with E-state index in [0.717, 1.165) is 27.9 Å². The minimum atomic E-state index is -0.419. The third-order valence-electron chi connectivity index (χ3n) is 5.69. The number of aromatic hydroxyl groups is 1. The molecule has 0 aliphatic carbocycles. The van der Waals surface area contributed by atoms with E-state index in [2.05, 4.69) is 10.2 Å². The number of aryl methyl sites for hydroxylation is 1. The van der Waals surface area contributed by atoms with Crippen LogP contribution in [-0.2, 0) is 6.54 Å². The number of amides is 1. The fourth-order valence-electron chi connectivity index (χ4n) is 4.18. The average molecular weight is 429 g/mol. The normalized spacial score (nSPS) is 15.2. The number of furan rings is 1. The van der Waals surface area contributed by atoms with Crippen LogP contribution in [0, 0.1) is 6.92 Å². The number of nitrogens with one attached hydrogen (secondary N) is 1. The Labute approximate surface area is 185 Å². The van der Waals surface area contributed by atoms with Crippen molar-refractivity contribution >= 4 is 5.91 Å². The first kappa shape index (κ1) is 19.9. The van der Waals surface area contributed by atoms with Crippen molar-refractivity contribution in [1.29, 1.82) is 0 Å². The van der Waals surface area contributed by atoms with Crippen LogP contribution in [0.2, 0.25) is 0 Å². The molecular weight excluding hydrogens is 406 g/mol. The third-order valence-corrected chi connectivity index (χ3v) is 5.69. The van der Waals surface area contributed by atoms with E-state index in [9.17, 15) is 9.90 Å². The molecule has 1 aliphatic heterocycles. The van der Waals surface area contributed by atoms with Crippen molar-refractivity contribution in [2.45, 2.75) is 26.4 Å². The van der Waals surface area contributed by atoms with Crippen molar-refractivity contribution in [3.05, 3.63) is 89.0 Å². The Balaban J connectivity index is 1.66. The zero-order valence-corrected chi connectivity index (χ0v) is 17.8. The van der Waals surface area contributed by atoms with Crippen LogP contribution >= 0.6 is 0 Å². The Bertz CT molecular complexity index is 1260. The highest BCUT2D eigenvalue weighted by Crippen LogP contribution is 2.45. The molecule has 162 valence electrons. The van der Waals surface area contributed by atoms with Gasteiger partial charge in [0.15, 0.2) is 11.5 Å². The summed E-state index contributed by atoms with van der Waals surface area (Å²) >= 11 is 0. The number of rotatable bonds is 6. The topological polar surface area (TPSA) is 91.6 Å². The summed E-state index contributed by atoms with van der Waals surface area (Å²) in [6, 6.07) is 16.5. The van der Waals surface area contributed by atoms with E-state index < -0.39 is 6.04 Å². The van der Waals surface area contributed by atoms with Crippen molar-refractivity contribution in [2.24, 2.45) is 0 Å². The van der Waals surface area contributed by atoms with Crippen LogP contribution in [0.25, 0.3) is 11.3 Å². The zero-order valence-electron chi connectivity index (χ0n) is 17.8. The predicted molar refractivity (Wildman–Crippen MR) is 118 cm³/mol. The van der Waals surface area contributed by atoms with Crippen LogP contribution < -0.4 is 4.74 Å². The number of H-pyrrole nitrogens is 1. The Morgan fingerprint density at radius 1 is 1.19 bits per heavy atom. The lowest BCUT2D eigenvalue weighted by atomic mass is 9.95. The number of aromatic amines is 1. The molecule has 0 bridgehead atoms. The fraction of sp³-hybridized carbons (Fsp3) is 0.200. The lowest BCUT2D eigenvalue weighted by Crippen LogP contribution is -2.29. The summed E-state index contributed by atoms with van der Waals surface area (Å²) in [5.74, 6) is 0.966. The second-order valence-electron chi connectivity index (χ2n) is 7.80. The molecule has 1 aliphatic rings. The minimum absolute atomic E-state index is 0.0590. The molecule has 2 N–H and O–H groups in total. The van der Waals surface area contributed by atoms with Gasteiger partial charge in [0.05, 0.1) is 31.2 Å². The van der Waals surface area contributed by atoms with Gasteiger partial charge < -0.3 is 19.2 Å². The summed E-state index contributed by atoms with van der Waals surface area (Å²) in [4.78, 5) is 15.2. The van der Waals surface area contributed by atoms with E-state index in [-0.39, 0.29) is 11.7 Å². The van der Waals surface area contributed by atoms with Gasteiger partial charge in [-0.3, -0.25) is 9.89 Å². The Hall–Kier alpha value is -4.00. The van der Waals surface area contributed by atoms with Gasteiger partial charge in [-0.25, -0.2) is 0 Å². The molecule has 1 amide bonds. The molecule has 2 aromatic carbocycles. The van der Waals surface area contributed by atoms with Crippen LogP contribution in [0.3, 0.4) is 0 Å². The largest absolute Gasteiger partial charge is 0.504 e. The summed E-state index contributed by atoms with van der Waals surface area (Å²) in [5, 5.41) is 17.7. The Morgan fingerprint density at radius 3 is 2.72 bits per heavy atom. The lowest BCUT2D eigenvalue weighted by Gasteiger charge is -2.26. The van der Waals surface area contributed by atoms with Crippen LogP contribution in [0.5, 0.6) is 11.5 Å². The van der Waals surface area contributed by atoms with Gasteiger partial charge in [-0.15, -0.1) is 0 Å². The summed E-state index contributed by atoms with van der Waals surface area (Å²) in [6.45, 7) is 4.61. The van der Waals surface area contributed by atoms with Crippen LogP contribution in [0.15, 0.2) is 65.3 Å². The molecule has 1 atom stereocenters. The molecule has 2 aromatic heterocycles. The first-order valence-electron chi connectivity index (χ1n) is 10.5. The first-order valence-corrected chi connectivity index (χ1v) is 10.5. The van der Waals surface area contributed by atoms with Gasteiger partial charge in [0.25, 0.3) is 5.91 Å². The van der Waals surface area contributed by atoms with Gasteiger partial charge in [-0.2, -0.15) is 5.10 Å². The van der Waals surface area contributed by atoms with E-state index in [1.807, 2.05) is 50.2 Å². The van der Waals surface area contributed by atoms with E-state index in [4.69, 9.17) is 9.15 Å². The molecule has 0 saturated heterocycles. The van der Waals surface area contributed by atoms with Crippen LogP contribution in [0.1, 0.15) is 45.9 Å².